The Bertz CT molecular complexity index is 2430. The Kier molecular flexibility index (Phi) is 4.52. The number of aromatic nitrogens is 2. The van der Waals surface area contributed by atoms with Crippen molar-refractivity contribution in [1.29, 1.82) is 0 Å². The maximum atomic E-state index is 4.56. The highest BCUT2D eigenvalue weighted by Crippen LogP contribution is 2.42. The van der Waals surface area contributed by atoms with Crippen LogP contribution < -0.4 is 0 Å². The molecular weight excluding hydrogens is 504 g/mol. The number of nitrogens with zero attached hydrogens (tertiary/aromatic N) is 2. The molecule has 0 radical (unpaired) electrons. The minimum absolute atomic E-state index is 1.17. The van der Waals surface area contributed by atoms with Crippen molar-refractivity contribution in [2.24, 2.45) is 0 Å². The van der Waals surface area contributed by atoms with Gasteiger partial charge in [0.2, 0.25) is 0 Å². The van der Waals surface area contributed by atoms with Crippen molar-refractivity contribution in [1.82, 2.24) is 9.55 Å². The summed E-state index contributed by atoms with van der Waals surface area (Å²) in [7, 11) is 0. The summed E-state index contributed by atoms with van der Waals surface area (Å²) in [5.41, 5.74) is 6.05. The summed E-state index contributed by atoms with van der Waals surface area (Å²) in [4.78, 5) is 4.56. The Morgan fingerprint density at radius 2 is 1.30 bits per heavy atom. The van der Waals surface area contributed by atoms with Gasteiger partial charge in [-0.2, -0.15) is 0 Å². The second kappa shape index (κ2) is 8.25. The summed E-state index contributed by atoms with van der Waals surface area (Å²) >= 11 is 1.87. The molecule has 0 saturated heterocycles. The topological polar surface area (TPSA) is 17.8 Å². The van der Waals surface area contributed by atoms with Crippen molar-refractivity contribution < 1.29 is 0 Å². The monoisotopic (exact) mass is 526 g/mol. The molecular formula is C37H22N2S. The summed E-state index contributed by atoms with van der Waals surface area (Å²) in [5.74, 6) is 0. The van der Waals surface area contributed by atoms with Crippen LogP contribution in [0.3, 0.4) is 0 Å². The van der Waals surface area contributed by atoms with Crippen LogP contribution in [0.1, 0.15) is 0 Å². The van der Waals surface area contributed by atoms with Crippen molar-refractivity contribution in [2.75, 3.05) is 0 Å². The van der Waals surface area contributed by atoms with Crippen molar-refractivity contribution in [2.45, 2.75) is 0 Å². The Labute approximate surface area is 234 Å². The summed E-state index contributed by atoms with van der Waals surface area (Å²) in [6, 6.07) is 44.3. The molecule has 9 rings (SSSR count). The van der Waals surface area contributed by atoms with Gasteiger partial charge < -0.3 is 4.57 Å². The zero-order chi connectivity index (χ0) is 26.2. The Morgan fingerprint density at radius 1 is 0.500 bits per heavy atom. The lowest BCUT2D eigenvalue weighted by Crippen LogP contribution is -1.93. The zero-order valence-corrected chi connectivity index (χ0v) is 22.3. The van der Waals surface area contributed by atoms with E-state index < -0.39 is 0 Å². The van der Waals surface area contributed by atoms with Gasteiger partial charge in [-0.1, -0.05) is 66.7 Å². The van der Waals surface area contributed by atoms with Crippen molar-refractivity contribution in [3.05, 3.63) is 134 Å². The maximum absolute atomic E-state index is 4.56. The number of para-hydroxylation sites is 2. The molecule has 0 aliphatic carbocycles. The van der Waals surface area contributed by atoms with Crippen LogP contribution in [-0.2, 0) is 0 Å². The fraction of sp³-hybridized carbons (Fsp3) is 0. The third kappa shape index (κ3) is 3.07. The average Bonchev–Trinajstić information content (AvgIpc) is 3.55. The summed E-state index contributed by atoms with van der Waals surface area (Å²) < 4.78 is 5.04. The lowest BCUT2D eigenvalue weighted by atomic mass is 9.93. The second-order valence-electron chi connectivity index (χ2n) is 10.4. The van der Waals surface area contributed by atoms with Crippen LogP contribution in [0.15, 0.2) is 134 Å². The Hall–Kier alpha value is -4.99. The van der Waals surface area contributed by atoms with Crippen molar-refractivity contribution in [3.63, 3.8) is 0 Å². The Morgan fingerprint density at radius 3 is 2.23 bits per heavy atom. The smallest absolute Gasteiger partial charge is 0.0547 e. The maximum Gasteiger partial charge on any atom is 0.0547 e. The molecule has 0 amide bonds. The lowest BCUT2D eigenvalue weighted by Gasteiger charge is -2.13. The molecule has 0 saturated carbocycles. The summed E-state index contributed by atoms with van der Waals surface area (Å²) in [5, 5.41) is 10.1. The van der Waals surface area contributed by atoms with E-state index in [4.69, 9.17) is 0 Å². The van der Waals surface area contributed by atoms with Crippen LogP contribution in [0.5, 0.6) is 0 Å². The predicted molar refractivity (Wildman–Crippen MR) is 172 cm³/mol. The minimum atomic E-state index is 1.17. The van der Waals surface area contributed by atoms with Gasteiger partial charge in [0.05, 0.1) is 11.0 Å². The van der Waals surface area contributed by atoms with Crippen LogP contribution in [-0.4, -0.2) is 9.55 Å². The Balaban J connectivity index is 1.37. The third-order valence-corrected chi connectivity index (χ3v) is 9.38. The number of fused-ring (bicyclic) bond motifs is 9. The van der Waals surface area contributed by atoms with Crippen LogP contribution in [0.4, 0.5) is 0 Å². The molecule has 3 heteroatoms. The molecule has 0 aliphatic heterocycles. The van der Waals surface area contributed by atoms with E-state index in [9.17, 15) is 0 Å². The highest BCUT2D eigenvalue weighted by molar-refractivity contribution is 7.25. The van der Waals surface area contributed by atoms with E-state index in [2.05, 4.69) is 131 Å². The molecule has 186 valence electrons. The van der Waals surface area contributed by atoms with E-state index >= 15 is 0 Å². The van der Waals surface area contributed by atoms with Gasteiger partial charge in [0.1, 0.15) is 0 Å². The van der Waals surface area contributed by atoms with Gasteiger partial charge in [0.15, 0.2) is 0 Å². The molecule has 6 aromatic carbocycles. The second-order valence-corrected chi connectivity index (χ2v) is 11.5. The molecule has 0 bridgehead atoms. The molecule has 0 aliphatic rings. The van der Waals surface area contributed by atoms with Crippen LogP contribution >= 0.6 is 11.3 Å². The third-order valence-electron chi connectivity index (χ3n) is 8.25. The summed E-state index contributed by atoms with van der Waals surface area (Å²) in [6.07, 6.45) is 3.94. The number of hydrogen-bond donors (Lipinski definition) is 0. The van der Waals surface area contributed by atoms with Crippen molar-refractivity contribution in [3.8, 4) is 16.8 Å². The number of hydrogen-bond acceptors (Lipinski definition) is 2. The van der Waals surface area contributed by atoms with Crippen LogP contribution in [0.2, 0.25) is 0 Å². The van der Waals surface area contributed by atoms with Gasteiger partial charge in [0.25, 0.3) is 0 Å². The van der Waals surface area contributed by atoms with E-state index in [-0.39, 0.29) is 0 Å². The van der Waals surface area contributed by atoms with Gasteiger partial charge in [-0.25, -0.2) is 0 Å². The van der Waals surface area contributed by atoms with Gasteiger partial charge in [-0.3, -0.25) is 4.98 Å². The molecule has 0 spiro atoms. The number of benzene rings is 6. The molecule has 0 fully saturated rings. The van der Waals surface area contributed by atoms with Crippen molar-refractivity contribution >= 4 is 74.9 Å². The molecule has 0 atom stereocenters. The van der Waals surface area contributed by atoms with Gasteiger partial charge in [0, 0.05) is 54.4 Å². The fourth-order valence-corrected chi connectivity index (χ4v) is 7.59. The fourth-order valence-electron chi connectivity index (χ4n) is 6.45. The van der Waals surface area contributed by atoms with E-state index in [0.29, 0.717) is 0 Å². The predicted octanol–water partition coefficient (Wildman–Crippen LogP) is 10.5. The first-order valence-electron chi connectivity index (χ1n) is 13.5. The SMILES string of the molecule is c1ccc(-n2c3ccccc3c3ccc(-c4cc5cc6sc7ccccc7c6cc5c5cnccc45)cc32)cc1. The normalized spacial score (nSPS) is 12.0. The largest absolute Gasteiger partial charge is 0.309 e. The van der Waals surface area contributed by atoms with Gasteiger partial charge >= 0.3 is 0 Å². The van der Waals surface area contributed by atoms with E-state index in [1.165, 1.54) is 80.3 Å². The highest BCUT2D eigenvalue weighted by Gasteiger charge is 2.16. The molecule has 9 aromatic rings. The first kappa shape index (κ1) is 21.9. The van der Waals surface area contributed by atoms with Crippen LogP contribution in [0, 0.1) is 0 Å². The number of rotatable bonds is 2. The first-order chi connectivity index (χ1) is 19.8. The molecule has 3 aromatic heterocycles. The number of thiophene rings is 1. The lowest BCUT2D eigenvalue weighted by molar-refractivity contribution is 1.18. The minimum Gasteiger partial charge on any atom is -0.309 e. The van der Waals surface area contributed by atoms with Crippen LogP contribution in [0.25, 0.3) is 80.3 Å². The zero-order valence-electron chi connectivity index (χ0n) is 21.5. The van der Waals surface area contributed by atoms with Gasteiger partial charge in [-0.15, -0.1) is 11.3 Å². The van der Waals surface area contributed by atoms with Gasteiger partial charge in [-0.05, 0) is 81.9 Å². The average molecular weight is 527 g/mol. The molecule has 3 heterocycles. The number of pyridine rings is 1. The highest BCUT2D eigenvalue weighted by atomic mass is 32.1. The summed E-state index contributed by atoms with van der Waals surface area (Å²) in [6.45, 7) is 0. The standard InChI is InChI=1S/C37H22N2S/c1-2-8-25(9-3-1)39-34-12-6-4-10-27(34)28-15-14-23(19-35(28)39)30-18-24-20-37-32(29-11-5-7-13-36(29)40-37)21-31(24)33-22-38-17-16-26(30)33/h1-22H. The van der Waals surface area contributed by atoms with E-state index in [1.807, 2.05) is 23.7 Å². The molecule has 40 heavy (non-hydrogen) atoms. The molecule has 0 N–H and O–H groups in total. The van der Waals surface area contributed by atoms with E-state index in [0.717, 1.165) is 0 Å². The molecule has 0 unspecified atom stereocenters. The first-order valence-corrected chi connectivity index (χ1v) is 14.4. The quantitative estimate of drug-likeness (QED) is 0.205. The molecule has 2 nitrogen and oxygen atoms in total. The van der Waals surface area contributed by atoms with E-state index in [1.54, 1.807) is 0 Å².